The Balaban J connectivity index is 1.91. The van der Waals surface area contributed by atoms with Crippen molar-refractivity contribution in [1.29, 1.82) is 0 Å². The maximum Gasteiger partial charge on any atom is 0.0795 e. The number of hydrogen-bond donors (Lipinski definition) is 1. The highest BCUT2D eigenvalue weighted by Gasteiger charge is 2.32. The number of nitrogens with one attached hydrogen (secondary N) is 1. The van der Waals surface area contributed by atoms with E-state index in [1.807, 2.05) is 5.51 Å². The fourth-order valence-corrected chi connectivity index (χ4v) is 3.55. The first-order valence-electron chi connectivity index (χ1n) is 6.36. The van der Waals surface area contributed by atoms with Crippen LogP contribution in [-0.4, -0.2) is 11.0 Å². The Labute approximate surface area is 102 Å². The quantitative estimate of drug-likeness (QED) is 0.866. The van der Waals surface area contributed by atoms with E-state index in [9.17, 15) is 0 Å². The molecule has 1 N–H and O–H groups in total. The molecule has 0 radical (unpaired) electrons. The average Bonchev–Trinajstić information content (AvgIpc) is 2.89. The van der Waals surface area contributed by atoms with Crippen molar-refractivity contribution in [3.63, 3.8) is 0 Å². The van der Waals surface area contributed by atoms with E-state index in [1.54, 1.807) is 11.3 Å². The molecular formula is C13H22N2S. The first-order valence-corrected chi connectivity index (χ1v) is 7.30. The van der Waals surface area contributed by atoms with E-state index in [2.05, 4.69) is 36.5 Å². The lowest BCUT2D eigenvalue weighted by Gasteiger charge is -2.24. The molecule has 0 spiro atoms. The molecule has 0 aromatic carbocycles. The smallest absolute Gasteiger partial charge is 0.0795 e. The highest BCUT2D eigenvalue weighted by molar-refractivity contribution is 7.07. The van der Waals surface area contributed by atoms with Crippen molar-refractivity contribution in [3.8, 4) is 0 Å². The topological polar surface area (TPSA) is 24.9 Å². The van der Waals surface area contributed by atoms with Gasteiger partial charge < -0.3 is 5.32 Å². The predicted octanol–water partition coefficient (Wildman–Crippen LogP) is 3.62. The van der Waals surface area contributed by atoms with E-state index in [0.29, 0.717) is 12.1 Å². The van der Waals surface area contributed by atoms with Crippen LogP contribution in [-0.2, 0) is 0 Å². The van der Waals surface area contributed by atoms with Crippen LogP contribution in [0.25, 0.3) is 0 Å². The van der Waals surface area contributed by atoms with Crippen molar-refractivity contribution in [2.24, 2.45) is 11.8 Å². The summed E-state index contributed by atoms with van der Waals surface area (Å²) in [5.41, 5.74) is 3.11. The number of rotatable bonds is 4. The second-order valence-corrected chi connectivity index (χ2v) is 5.73. The molecule has 0 bridgehead atoms. The van der Waals surface area contributed by atoms with Gasteiger partial charge in [0.1, 0.15) is 0 Å². The molecule has 16 heavy (non-hydrogen) atoms. The molecule has 1 aromatic heterocycles. The lowest BCUT2D eigenvalue weighted by atomic mass is 9.93. The normalized spacial score (nSPS) is 31.8. The zero-order valence-electron chi connectivity index (χ0n) is 10.4. The largest absolute Gasteiger partial charge is 0.306 e. The summed E-state index contributed by atoms with van der Waals surface area (Å²) in [4.78, 5) is 4.38. The van der Waals surface area contributed by atoms with Gasteiger partial charge in [-0.15, -0.1) is 11.3 Å². The third kappa shape index (κ3) is 2.46. The Hall–Kier alpha value is -0.410. The van der Waals surface area contributed by atoms with Crippen LogP contribution >= 0.6 is 11.3 Å². The minimum absolute atomic E-state index is 0.398. The highest BCUT2D eigenvalue weighted by atomic mass is 32.1. The van der Waals surface area contributed by atoms with Gasteiger partial charge >= 0.3 is 0 Å². The zero-order valence-corrected chi connectivity index (χ0v) is 11.3. The number of hydrogen-bond acceptors (Lipinski definition) is 3. The Morgan fingerprint density at radius 3 is 2.94 bits per heavy atom. The zero-order chi connectivity index (χ0) is 11.5. The Morgan fingerprint density at radius 1 is 1.56 bits per heavy atom. The van der Waals surface area contributed by atoms with Crippen molar-refractivity contribution in [1.82, 2.24) is 10.3 Å². The number of thiazole rings is 1. The van der Waals surface area contributed by atoms with E-state index >= 15 is 0 Å². The molecule has 90 valence electrons. The molecule has 0 saturated heterocycles. The summed E-state index contributed by atoms with van der Waals surface area (Å²) in [6.07, 6.45) is 4.04. The van der Waals surface area contributed by atoms with Crippen molar-refractivity contribution in [3.05, 3.63) is 16.6 Å². The van der Waals surface area contributed by atoms with Crippen LogP contribution in [0.2, 0.25) is 0 Å². The summed E-state index contributed by atoms with van der Waals surface area (Å²) < 4.78 is 0. The first kappa shape index (κ1) is 12.1. The van der Waals surface area contributed by atoms with Gasteiger partial charge in [0.25, 0.3) is 0 Å². The molecule has 1 aliphatic carbocycles. The fraction of sp³-hybridized carbons (Fsp3) is 0.769. The molecular weight excluding hydrogens is 216 g/mol. The molecule has 1 fully saturated rings. The van der Waals surface area contributed by atoms with Gasteiger partial charge in [-0.25, -0.2) is 4.98 Å². The average molecular weight is 238 g/mol. The fourth-order valence-electron chi connectivity index (χ4n) is 2.90. The van der Waals surface area contributed by atoms with Crippen molar-refractivity contribution >= 4 is 11.3 Å². The molecule has 1 saturated carbocycles. The summed E-state index contributed by atoms with van der Waals surface area (Å²) in [5.74, 6) is 1.73. The lowest BCUT2D eigenvalue weighted by Crippen LogP contribution is -2.34. The first-order chi connectivity index (χ1) is 7.72. The SMILES string of the molecule is CCC1CCC(NC(C)c2cscn2)C1C. The molecule has 3 heteroatoms. The summed E-state index contributed by atoms with van der Waals surface area (Å²) >= 11 is 1.68. The van der Waals surface area contributed by atoms with Crippen molar-refractivity contribution in [2.75, 3.05) is 0 Å². The third-order valence-electron chi connectivity index (χ3n) is 4.11. The predicted molar refractivity (Wildman–Crippen MR) is 69.6 cm³/mol. The van der Waals surface area contributed by atoms with Gasteiger partial charge in [-0.1, -0.05) is 20.3 Å². The second-order valence-electron chi connectivity index (χ2n) is 5.01. The molecule has 0 amide bonds. The van der Waals surface area contributed by atoms with Crippen LogP contribution in [0.4, 0.5) is 0 Å². The maximum absolute atomic E-state index is 4.38. The molecule has 0 aliphatic heterocycles. The van der Waals surface area contributed by atoms with Crippen LogP contribution < -0.4 is 5.32 Å². The molecule has 1 aliphatic rings. The van der Waals surface area contributed by atoms with Gasteiger partial charge in [0, 0.05) is 17.5 Å². The summed E-state index contributed by atoms with van der Waals surface area (Å²) in [7, 11) is 0. The molecule has 1 aromatic rings. The lowest BCUT2D eigenvalue weighted by molar-refractivity contribution is 0.326. The van der Waals surface area contributed by atoms with Gasteiger partial charge in [0.2, 0.25) is 0 Å². The molecule has 4 unspecified atom stereocenters. The van der Waals surface area contributed by atoms with Gasteiger partial charge in [-0.05, 0) is 31.6 Å². The van der Waals surface area contributed by atoms with Crippen LogP contribution in [0.5, 0.6) is 0 Å². The van der Waals surface area contributed by atoms with Gasteiger partial charge in [0.15, 0.2) is 0 Å². The monoisotopic (exact) mass is 238 g/mol. The van der Waals surface area contributed by atoms with Gasteiger partial charge in [-0.3, -0.25) is 0 Å². The summed E-state index contributed by atoms with van der Waals surface area (Å²) in [6.45, 7) is 6.93. The van der Waals surface area contributed by atoms with Crippen LogP contribution in [0.1, 0.15) is 51.8 Å². The van der Waals surface area contributed by atoms with E-state index < -0.39 is 0 Å². The Bertz CT molecular complexity index is 310. The Kier molecular flexibility index (Phi) is 3.98. The molecule has 1 heterocycles. The van der Waals surface area contributed by atoms with Crippen LogP contribution in [0.15, 0.2) is 10.9 Å². The van der Waals surface area contributed by atoms with E-state index in [4.69, 9.17) is 0 Å². The van der Waals surface area contributed by atoms with Crippen molar-refractivity contribution < 1.29 is 0 Å². The minimum atomic E-state index is 0.398. The maximum atomic E-state index is 4.38. The van der Waals surface area contributed by atoms with E-state index in [-0.39, 0.29) is 0 Å². The van der Waals surface area contributed by atoms with Gasteiger partial charge in [-0.2, -0.15) is 0 Å². The number of nitrogens with zero attached hydrogens (tertiary/aromatic N) is 1. The van der Waals surface area contributed by atoms with E-state index in [1.165, 1.54) is 25.0 Å². The molecule has 4 atom stereocenters. The molecule has 2 rings (SSSR count). The summed E-state index contributed by atoms with van der Waals surface area (Å²) in [6, 6.07) is 1.08. The second kappa shape index (κ2) is 5.28. The van der Waals surface area contributed by atoms with E-state index in [0.717, 1.165) is 11.8 Å². The highest BCUT2D eigenvalue weighted by Crippen LogP contribution is 2.34. The van der Waals surface area contributed by atoms with Gasteiger partial charge in [0.05, 0.1) is 11.2 Å². The minimum Gasteiger partial charge on any atom is -0.306 e. The van der Waals surface area contributed by atoms with Crippen molar-refractivity contribution in [2.45, 2.75) is 52.1 Å². The standard InChI is InChI=1S/C13H22N2S/c1-4-11-5-6-12(9(11)2)15-10(3)13-7-16-8-14-13/h7-12,15H,4-6H2,1-3H3. The van der Waals surface area contributed by atoms with Crippen LogP contribution in [0.3, 0.4) is 0 Å². The van der Waals surface area contributed by atoms with Crippen LogP contribution in [0, 0.1) is 11.8 Å². The summed E-state index contributed by atoms with van der Waals surface area (Å²) in [5, 5.41) is 5.89. The third-order valence-corrected chi connectivity index (χ3v) is 4.71. The Morgan fingerprint density at radius 2 is 2.38 bits per heavy atom. The molecule has 2 nitrogen and oxygen atoms in total. The number of aromatic nitrogens is 1.